The van der Waals surface area contributed by atoms with Crippen LogP contribution < -0.4 is 15.8 Å². The highest BCUT2D eigenvalue weighted by atomic mass is 16.5. The highest BCUT2D eigenvalue weighted by molar-refractivity contribution is 5.27. The minimum Gasteiger partial charge on any atom is -0.492 e. The fraction of sp³-hybridized carbons (Fsp3) is 0.647. The molecule has 0 aliphatic heterocycles. The van der Waals surface area contributed by atoms with Crippen molar-refractivity contribution in [1.29, 1.82) is 0 Å². The first-order chi connectivity index (χ1) is 9.80. The minimum absolute atomic E-state index is 0.614. The first-order valence-corrected chi connectivity index (χ1v) is 7.95. The molecule has 1 aromatic carbocycles. The molecule has 0 aliphatic carbocycles. The van der Waals surface area contributed by atoms with E-state index in [2.05, 4.69) is 43.4 Å². The summed E-state index contributed by atoms with van der Waals surface area (Å²) in [7, 11) is 0. The Morgan fingerprint density at radius 3 is 2.40 bits per heavy atom. The van der Waals surface area contributed by atoms with Crippen molar-refractivity contribution >= 4 is 0 Å². The van der Waals surface area contributed by atoms with Crippen molar-refractivity contribution in [1.82, 2.24) is 5.32 Å². The van der Waals surface area contributed by atoms with E-state index < -0.39 is 0 Å². The molecule has 0 aliphatic rings. The molecule has 0 amide bonds. The van der Waals surface area contributed by atoms with E-state index in [1.54, 1.807) is 0 Å². The third-order valence-corrected chi connectivity index (χ3v) is 3.63. The molecule has 3 heteroatoms. The topological polar surface area (TPSA) is 47.3 Å². The monoisotopic (exact) mass is 278 g/mol. The SMILES string of the molecule is CCC(CC)NCCOc1ccc(CCCCN)cc1. The van der Waals surface area contributed by atoms with Crippen LogP contribution in [0.5, 0.6) is 5.75 Å². The lowest BCUT2D eigenvalue weighted by atomic mass is 10.1. The van der Waals surface area contributed by atoms with Gasteiger partial charge in [-0.15, -0.1) is 0 Å². The number of rotatable bonds is 11. The van der Waals surface area contributed by atoms with E-state index in [1.165, 1.54) is 18.4 Å². The Labute approximate surface area is 123 Å². The molecule has 20 heavy (non-hydrogen) atoms. The van der Waals surface area contributed by atoms with Gasteiger partial charge in [0, 0.05) is 12.6 Å². The fourth-order valence-electron chi connectivity index (χ4n) is 2.24. The maximum atomic E-state index is 5.74. The zero-order chi connectivity index (χ0) is 14.6. The summed E-state index contributed by atoms with van der Waals surface area (Å²) in [6.45, 7) is 6.84. The van der Waals surface area contributed by atoms with Crippen molar-refractivity contribution in [3.8, 4) is 5.75 Å². The Hall–Kier alpha value is -1.06. The molecular formula is C17H30N2O. The van der Waals surface area contributed by atoms with Gasteiger partial charge >= 0.3 is 0 Å². The summed E-state index contributed by atoms with van der Waals surface area (Å²) in [5, 5.41) is 3.50. The summed E-state index contributed by atoms with van der Waals surface area (Å²) in [5.74, 6) is 0.957. The van der Waals surface area contributed by atoms with Gasteiger partial charge in [-0.3, -0.25) is 0 Å². The molecule has 0 bridgehead atoms. The average molecular weight is 278 g/mol. The Kier molecular flexibility index (Phi) is 9.09. The third kappa shape index (κ3) is 6.92. The highest BCUT2D eigenvalue weighted by Gasteiger charge is 2.01. The summed E-state index contributed by atoms with van der Waals surface area (Å²) in [5.41, 5.74) is 6.86. The number of aryl methyl sites for hydroxylation is 1. The van der Waals surface area contributed by atoms with Crippen LogP contribution in [0.25, 0.3) is 0 Å². The number of hydrogen-bond donors (Lipinski definition) is 2. The largest absolute Gasteiger partial charge is 0.492 e. The van der Waals surface area contributed by atoms with Gasteiger partial charge in [-0.1, -0.05) is 26.0 Å². The van der Waals surface area contributed by atoms with Crippen LogP contribution in [0.2, 0.25) is 0 Å². The van der Waals surface area contributed by atoms with Crippen molar-refractivity contribution in [2.45, 2.75) is 52.0 Å². The van der Waals surface area contributed by atoms with Crippen molar-refractivity contribution < 1.29 is 4.74 Å². The molecule has 0 spiro atoms. The van der Waals surface area contributed by atoms with Crippen LogP contribution in [0.3, 0.4) is 0 Å². The van der Waals surface area contributed by atoms with Gasteiger partial charge in [0.15, 0.2) is 0 Å². The molecule has 0 heterocycles. The molecule has 0 atom stereocenters. The smallest absolute Gasteiger partial charge is 0.119 e. The lowest BCUT2D eigenvalue weighted by molar-refractivity contribution is 0.302. The molecule has 0 fully saturated rings. The molecular weight excluding hydrogens is 248 g/mol. The van der Waals surface area contributed by atoms with Gasteiger partial charge in [0.1, 0.15) is 12.4 Å². The normalized spacial score (nSPS) is 11.0. The van der Waals surface area contributed by atoms with Gasteiger partial charge in [-0.25, -0.2) is 0 Å². The maximum Gasteiger partial charge on any atom is 0.119 e. The van der Waals surface area contributed by atoms with E-state index in [1.807, 2.05) is 0 Å². The summed E-state index contributed by atoms with van der Waals surface area (Å²) in [6.07, 6.45) is 5.71. The molecule has 0 saturated carbocycles. The van der Waals surface area contributed by atoms with Gasteiger partial charge in [0.2, 0.25) is 0 Å². The second-order valence-corrected chi connectivity index (χ2v) is 5.21. The van der Waals surface area contributed by atoms with E-state index in [4.69, 9.17) is 10.5 Å². The Morgan fingerprint density at radius 2 is 1.80 bits per heavy atom. The van der Waals surface area contributed by atoms with Gasteiger partial charge in [0.25, 0.3) is 0 Å². The van der Waals surface area contributed by atoms with Crippen LogP contribution >= 0.6 is 0 Å². The number of hydrogen-bond acceptors (Lipinski definition) is 3. The molecule has 3 N–H and O–H groups in total. The zero-order valence-electron chi connectivity index (χ0n) is 13.0. The Bertz CT molecular complexity index is 333. The van der Waals surface area contributed by atoms with Crippen LogP contribution in [-0.4, -0.2) is 25.7 Å². The summed E-state index contributed by atoms with van der Waals surface area (Å²) < 4.78 is 5.74. The lowest BCUT2D eigenvalue weighted by Crippen LogP contribution is -2.31. The number of nitrogens with one attached hydrogen (secondary N) is 1. The van der Waals surface area contributed by atoms with Crippen LogP contribution in [-0.2, 0) is 6.42 Å². The van der Waals surface area contributed by atoms with Crippen LogP contribution in [0.4, 0.5) is 0 Å². The molecule has 0 unspecified atom stereocenters. The minimum atomic E-state index is 0.614. The second kappa shape index (κ2) is 10.7. The van der Waals surface area contributed by atoms with Gasteiger partial charge < -0.3 is 15.8 Å². The van der Waals surface area contributed by atoms with Gasteiger partial charge in [-0.2, -0.15) is 0 Å². The maximum absolute atomic E-state index is 5.74. The molecule has 3 nitrogen and oxygen atoms in total. The first-order valence-electron chi connectivity index (χ1n) is 7.95. The number of nitrogens with two attached hydrogens (primary N) is 1. The Morgan fingerprint density at radius 1 is 1.10 bits per heavy atom. The first kappa shape index (κ1) is 17.0. The predicted molar refractivity (Wildman–Crippen MR) is 86.3 cm³/mol. The van der Waals surface area contributed by atoms with Crippen molar-refractivity contribution in [2.75, 3.05) is 19.7 Å². The van der Waals surface area contributed by atoms with Gasteiger partial charge in [-0.05, 0) is 56.3 Å². The van der Waals surface area contributed by atoms with Crippen LogP contribution in [0, 0.1) is 0 Å². The van der Waals surface area contributed by atoms with Crippen LogP contribution in [0.1, 0.15) is 45.1 Å². The fourth-order valence-corrected chi connectivity index (χ4v) is 2.24. The zero-order valence-corrected chi connectivity index (χ0v) is 13.0. The van der Waals surface area contributed by atoms with E-state index in [-0.39, 0.29) is 0 Å². The molecule has 1 rings (SSSR count). The highest BCUT2D eigenvalue weighted by Crippen LogP contribution is 2.13. The van der Waals surface area contributed by atoms with Gasteiger partial charge in [0.05, 0.1) is 0 Å². The summed E-state index contributed by atoms with van der Waals surface area (Å²) in [4.78, 5) is 0. The number of ether oxygens (including phenoxy) is 1. The van der Waals surface area contributed by atoms with Crippen molar-refractivity contribution in [2.24, 2.45) is 5.73 Å². The quantitative estimate of drug-likeness (QED) is 0.611. The van der Waals surface area contributed by atoms with Crippen molar-refractivity contribution in [3.63, 3.8) is 0 Å². The van der Waals surface area contributed by atoms with Crippen LogP contribution in [0.15, 0.2) is 24.3 Å². The molecule has 0 aromatic heterocycles. The molecule has 0 radical (unpaired) electrons. The Balaban J connectivity index is 2.21. The number of benzene rings is 1. The average Bonchev–Trinajstić information content (AvgIpc) is 2.49. The van der Waals surface area contributed by atoms with Crippen molar-refractivity contribution in [3.05, 3.63) is 29.8 Å². The second-order valence-electron chi connectivity index (χ2n) is 5.21. The number of unbranched alkanes of at least 4 members (excludes halogenated alkanes) is 1. The standard InChI is InChI=1S/C17H30N2O/c1-3-16(4-2)19-13-14-20-17-10-8-15(9-11-17)7-5-6-12-18/h8-11,16,19H,3-7,12-14,18H2,1-2H3. The summed E-state index contributed by atoms with van der Waals surface area (Å²) in [6, 6.07) is 9.05. The van der Waals surface area contributed by atoms with E-state index in [0.717, 1.165) is 44.7 Å². The van der Waals surface area contributed by atoms with E-state index >= 15 is 0 Å². The molecule has 114 valence electrons. The lowest BCUT2D eigenvalue weighted by Gasteiger charge is -2.15. The predicted octanol–water partition coefficient (Wildman–Crippen LogP) is 3.13. The van der Waals surface area contributed by atoms with E-state index in [0.29, 0.717) is 6.04 Å². The summed E-state index contributed by atoms with van der Waals surface area (Å²) >= 11 is 0. The van der Waals surface area contributed by atoms with E-state index in [9.17, 15) is 0 Å². The molecule has 1 aromatic rings. The third-order valence-electron chi connectivity index (χ3n) is 3.63. The molecule has 0 saturated heterocycles.